The van der Waals surface area contributed by atoms with E-state index in [1.165, 1.54) is 62.4 Å². The summed E-state index contributed by atoms with van der Waals surface area (Å²) in [5.74, 6) is 0.0693. The maximum atomic E-state index is 13.4. The number of esters is 1. The Bertz CT molecular complexity index is 1340. The highest BCUT2D eigenvalue weighted by Gasteiger charge is 2.21. The summed E-state index contributed by atoms with van der Waals surface area (Å²) in [6, 6.07) is 8.65. The zero-order valence-electron chi connectivity index (χ0n) is 20.1. The van der Waals surface area contributed by atoms with Crippen molar-refractivity contribution in [1.82, 2.24) is 9.78 Å². The Kier molecular flexibility index (Phi) is 7.69. The molecule has 11 heteroatoms. The van der Waals surface area contributed by atoms with Crippen molar-refractivity contribution in [2.45, 2.75) is 26.7 Å². The number of aromatic amines is 1. The molecule has 35 heavy (non-hydrogen) atoms. The normalized spacial score (nSPS) is 11.3. The van der Waals surface area contributed by atoms with Crippen molar-refractivity contribution in [3.63, 3.8) is 0 Å². The maximum absolute atomic E-state index is 13.4. The van der Waals surface area contributed by atoms with E-state index in [0.717, 1.165) is 6.42 Å². The van der Waals surface area contributed by atoms with Gasteiger partial charge in [0.2, 0.25) is 0 Å². The highest BCUT2D eigenvalue weighted by atomic mass is 16.6. The summed E-state index contributed by atoms with van der Waals surface area (Å²) in [6.07, 6.45) is 1.32. The minimum absolute atomic E-state index is 0.0797. The molecule has 0 atom stereocenters. The zero-order valence-corrected chi connectivity index (χ0v) is 20.1. The Balaban J connectivity index is 2.18. The number of aliphatic imine (C=N–C) groups is 1. The van der Waals surface area contributed by atoms with Gasteiger partial charge in [-0.25, -0.2) is 9.48 Å². The molecule has 0 aliphatic heterocycles. The van der Waals surface area contributed by atoms with E-state index in [-0.39, 0.29) is 22.5 Å². The summed E-state index contributed by atoms with van der Waals surface area (Å²) in [4.78, 5) is 40.9. The number of carbonyl (C=O) groups excluding carboxylic acids is 1. The van der Waals surface area contributed by atoms with Gasteiger partial charge in [-0.05, 0) is 25.5 Å². The van der Waals surface area contributed by atoms with Crippen molar-refractivity contribution in [2.24, 2.45) is 4.99 Å². The number of aromatic nitrogens is 2. The van der Waals surface area contributed by atoms with Crippen LogP contribution in [-0.2, 0) is 11.2 Å². The highest BCUT2D eigenvalue weighted by Crippen LogP contribution is 2.35. The average Bonchev–Trinajstić information content (AvgIpc) is 3.19. The van der Waals surface area contributed by atoms with Crippen molar-refractivity contribution < 1.29 is 23.9 Å². The molecule has 0 unspecified atom stereocenters. The number of hydrogen-bond acceptors (Lipinski definition) is 8. The molecule has 0 saturated carbocycles. The molecule has 0 bridgehead atoms. The number of rotatable bonds is 9. The highest BCUT2D eigenvalue weighted by molar-refractivity contribution is 6.03. The first kappa shape index (κ1) is 25.2. The van der Waals surface area contributed by atoms with Gasteiger partial charge in [0.1, 0.15) is 0 Å². The first-order chi connectivity index (χ1) is 16.7. The van der Waals surface area contributed by atoms with Crippen LogP contribution in [0.3, 0.4) is 0 Å². The van der Waals surface area contributed by atoms with E-state index >= 15 is 0 Å². The first-order valence-electron chi connectivity index (χ1n) is 10.7. The second kappa shape index (κ2) is 10.7. The lowest BCUT2D eigenvalue weighted by Crippen LogP contribution is -2.19. The minimum Gasteiger partial charge on any atom is -0.493 e. The van der Waals surface area contributed by atoms with Crippen LogP contribution in [0, 0.1) is 10.1 Å². The molecule has 0 amide bonds. The van der Waals surface area contributed by atoms with Crippen LogP contribution in [-0.4, -0.2) is 47.7 Å². The molecule has 0 saturated heterocycles. The minimum atomic E-state index is -0.622. The summed E-state index contributed by atoms with van der Waals surface area (Å²) in [7, 11) is 4.17. The van der Waals surface area contributed by atoms with Crippen LogP contribution in [0.5, 0.6) is 11.5 Å². The maximum Gasteiger partial charge on any atom is 0.340 e. The molecule has 3 aromatic rings. The van der Waals surface area contributed by atoms with Crippen molar-refractivity contribution in [1.29, 1.82) is 0 Å². The van der Waals surface area contributed by atoms with E-state index in [1.54, 1.807) is 6.92 Å². The Hall–Kier alpha value is -4.41. The van der Waals surface area contributed by atoms with Gasteiger partial charge in [0.25, 0.3) is 11.2 Å². The molecule has 1 heterocycles. The van der Waals surface area contributed by atoms with E-state index < -0.39 is 10.9 Å². The SMILES string of the molecule is CCCc1[nH]n(-c2ccc([N+](=O)[O-])cc2)c(=O)c1C(C)=Nc1cc(OC)c(OC)cc1C(=O)OC. The third kappa shape index (κ3) is 5.08. The lowest BCUT2D eigenvalue weighted by atomic mass is 10.1. The van der Waals surface area contributed by atoms with Gasteiger partial charge in [-0.15, -0.1) is 0 Å². The first-order valence-corrected chi connectivity index (χ1v) is 10.7. The standard InChI is InChI=1S/C24H26N4O7/c1-6-7-18-22(23(29)27(26-18)15-8-10-16(11-9-15)28(31)32)14(2)25-19-13-21(34-4)20(33-3)12-17(19)24(30)35-5/h8-13,26H,6-7H2,1-5H3. The fourth-order valence-corrected chi connectivity index (χ4v) is 3.66. The number of ether oxygens (including phenoxy) is 3. The second-order valence-electron chi connectivity index (χ2n) is 7.54. The monoisotopic (exact) mass is 482 g/mol. The number of aryl methyl sites for hydroxylation is 1. The van der Waals surface area contributed by atoms with Gasteiger partial charge in [0.05, 0.1) is 54.5 Å². The van der Waals surface area contributed by atoms with Crippen LogP contribution < -0.4 is 15.0 Å². The van der Waals surface area contributed by atoms with Gasteiger partial charge in [-0.1, -0.05) is 13.3 Å². The van der Waals surface area contributed by atoms with Crippen molar-refractivity contribution >= 4 is 23.1 Å². The Morgan fingerprint density at radius 2 is 1.74 bits per heavy atom. The predicted molar refractivity (Wildman–Crippen MR) is 130 cm³/mol. The van der Waals surface area contributed by atoms with Crippen LogP contribution in [0.4, 0.5) is 11.4 Å². The number of benzene rings is 2. The predicted octanol–water partition coefficient (Wildman–Crippen LogP) is 3.97. The van der Waals surface area contributed by atoms with Crippen LogP contribution in [0.25, 0.3) is 5.69 Å². The molecule has 11 nitrogen and oxygen atoms in total. The van der Waals surface area contributed by atoms with E-state index in [2.05, 4.69) is 10.1 Å². The molecule has 1 N–H and O–H groups in total. The van der Waals surface area contributed by atoms with E-state index in [0.29, 0.717) is 40.6 Å². The molecule has 0 aliphatic carbocycles. The average molecular weight is 482 g/mol. The number of nitrogens with zero attached hydrogens (tertiary/aromatic N) is 3. The summed E-state index contributed by atoms with van der Waals surface area (Å²) in [5, 5.41) is 14.1. The lowest BCUT2D eigenvalue weighted by Gasteiger charge is -2.12. The van der Waals surface area contributed by atoms with Crippen LogP contribution in [0.15, 0.2) is 46.2 Å². The summed E-state index contributed by atoms with van der Waals surface area (Å²) in [6.45, 7) is 3.64. The van der Waals surface area contributed by atoms with Crippen LogP contribution in [0.2, 0.25) is 0 Å². The number of carbonyl (C=O) groups is 1. The summed E-state index contributed by atoms with van der Waals surface area (Å²) in [5.41, 5.74) is 1.75. The largest absolute Gasteiger partial charge is 0.493 e. The molecule has 0 fully saturated rings. The van der Waals surface area contributed by atoms with Gasteiger partial charge >= 0.3 is 5.97 Å². The van der Waals surface area contributed by atoms with E-state index in [4.69, 9.17) is 14.2 Å². The Morgan fingerprint density at radius 3 is 2.29 bits per heavy atom. The number of nitro groups is 1. The van der Waals surface area contributed by atoms with Crippen molar-refractivity contribution in [2.75, 3.05) is 21.3 Å². The van der Waals surface area contributed by atoms with E-state index in [9.17, 15) is 19.7 Å². The number of hydrogen-bond donors (Lipinski definition) is 1. The third-order valence-corrected chi connectivity index (χ3v) is 5.34. The Morgan fingerprint density at radius 1 is 1.11 bits per heavy atom. The number of non-ortho nitro benzene ring substituents is 1. The molecule has 0 aliphatic rings. The molecule has 0 radical (unpaired) electrons. The molecule has 1 aromatic heterocycles. The zero-order chi connectivity index (χ0) is 25.7. The van der Waals surface area contributed by atoms with Crippen LogP contribution >= 0.6 is 0 Å². The smallest absolute Gasteiger partial charge is 0.340 e. The number of nitro benzene ring substituents is 1. The number of methoxy groups -OCH3 is 3. The lowest BCUT2D eigenvalue weighted by molar-refractivity contribution is -0.384. The van der Waals surface area contributed by atoms with Crippen molar-refractivity contribution in [3.8, 4) is 17.2 Å². The third-order valence-electron chi connectivity index (χ3n) is 5.34. The van der Waals surface area contributed by atoms with Gasteiger partial charge in [0, 0.05) is 30.0 Å². The second-order valence-corrected chi connectivity index (χ2v) is 7.54. The van der Waals surface area contributed by atoms with Gasteiger partial charge in [0.15, 0.2) is 11.5 Å². The molecule has 2 aromatic carbocycles. The molecular formula is C24H26N4O7. The van der Waals surface area contributed by atoms with Gasteiger partial charge < -0.3 is 14.2 Å². The number of H-pyrrole nitrogens is 1. The van der Waals surface area contributed by atoms with Crippen molar-refractivity contribution in [3.05, 3.63) is 73.7 Å². The summed E-state index contributed by atoms with van der Waals surface area (Å²) >= 11 is 0. The van der Waals surface area contributed by atoms with E-state index in [1.807, 2.05) is 6.92 Å². The van der Waals surface area contributed by atoms with Gasteiger partial charge in [-0.3, -0.25) is 25.0 Å². The molecule has 3 rings (SSSR count). The molecule has 184 valence electrons. The fraction of sp³-hybridized carbons (Fsp3) is 0.292. The number of nitrogens with one attached hydrogen (secondary N) is 1. The molecule has 0 spiro atoms. The molecular weight excluding hydrogens is 456 g/mol. The Labute approximate surface area is 201 Å². The fourth-order valence-electron chi connectivity index (χ4n) is 3.66. The summed E-state index contributed by atoms with van der Waals surface area (Å²) < 4.78 is 16.8. The quantitative estimate of drug-likeness (QED) is 0.211. The van der Waals surface area contributed by atoms with Gasteiger partial charge in [-0.2, -0.15) is 0 Å². The topological polar surface area (TPSA) is 138 Å². The van der Waals surface area contributed by atoms with Crippen LogP contribution in [0.1, 0.15) is 41.9 Å².